The fourth-order valence-corrected chi connectivity index (χ4v) is 2.61. The highest BCUT2D eigenvalue weighted by Crippen LogP contribution is 2.27. The molecule has 0 bridgehead atoms. The molecule has 1 aliphatic heterocycles. The van der Waals surface area contributed by atoms with E-state index in [1.165, 1.54) is 0 Å². The molecule has 1 amide bonds. The van der Waals surface area contributed by atoms with Crippen molar-refractivity contribution in [2.45, 2.75) is 12.5 Å². The average molecular weight is 268 g/mol. The van der Waals surface area contributed by atoms with Gasteiger partial charge in [0.15, 0.2) is 0 Å². The molecular formula is C13H18ClN3O. The number of carbonyl (C=O) groups excluding carboxylic acids is 1. The third-order valence-corrected chi connectivity index (χ3v) is 3.79. The minimum absolute atomic E-state index is 0.0497. The number of amides is 1. The maximum absolute atomic E-state index is 11.2. The molecule has 0 aromatic heterocycles. The summed E-state index contributed by atoms with van der Waals surface area (Å²) in [6.07, 6.45) is 0.819. The lowest BCUT2D eigenvalue weighted by Crippen LogP contribution is -2.33. The number of halogens is 1. The fourth-order valence-electron chi connectivity index (χ4n) is 2.48. The van der Waals surface area contributed by atoms with Crippen LogP contribution >= 0.6 is 11.6 Å². The second-order valence-electron chi connectivity index (χ2n) is 4.69. The van der Waals surface area contributed by atoms with E-state index in [1.54, 1.807) is 0 Å². The van der Waals surface area contributed by atoms with Crippen molar-refractivity contribution >= 4 is 17.5 Å². The second kappa shape index (κ2) is 5.69. The number of carbonyl (C=O) groups is 1. The molecule has 0 aliphatic carbocycles. The molecule has 5 heteroatoms. The first-order valence-corrected chi connectivity index (χ1v) is 6.48. The summed E-state index contributed by atoms with van der Waals surface area (Å²) in [6.45, 7) is 2.07. The van der Waals surface area contributed by atoms with E-state index in [1.807, 2.05) is 24.3 Å². The predicted molar refractivity (Wildman–Crippen MR) is 72.1 cm³/mol. The molecule has 2 atom stereocenters. The second-order valence-corrected chi connectivity index (χ2v) is 5.12. The van der Waals surface area contributed by atoms with Crippen molar-refractivity contribution in [3.63, 3.8) is 0 Å². The molecule has 0 spiro atoms. The first kappa shape index (κ1) is 13.3. The summed E-state index contributed by atoms with van der Waals surface area (Å²) in [4.78, 5) is 13.4. The quantitative estimate of drug-likeness (QED) is 0.860. The zero-order chi connectivity index (χ0) is 13.1. The maximum Gasteiger partial charge on any atom is 0.221 e. The van der Waals surface area contributed by atoms with Crippen LogP contribution in [0.2, 0.25) is 5.02 Å². The Bertz CT molecular complexity index is 421. The van der Waals surface area contributed by atoms with Gasteiger partial charge in [-0.25, -0.2) is 0 Å². The summed E-state index contributed by atoms with van der Waals surface area (Å²) < 4.78 is 0. The fraction of sp³-hybridized carbons (Fsp3) is 0.462. The Morgan fingerprint density at radius 2 is 2.11 bits per heavy atom. The molecule has 2 unspecified atom stereocenters. The average Bonchev–Trinajstić information content (AvgIpc) is 2.82. The molecule has 2 rings (SSSR count). The third kappa shape index (κ3) is 2.83. The van der Waals surface area contributed by atoms with E-state index in [0.717, 1.165) is 18.5 Å². The van der Waals surface area contributed by atoms with Gasteiger partial charge in [0.25, 0.3) is 0 Å². The number of primary amides is 1. The molecule has 18 heavy (non-hydrogen) atoms. The monoisotopic (exact) mass is 267 g/mol. The van der Waals surface area contributed by atoms with Gasteiger partial charge < -0.3 is 11.5 Å². The SMILES string of the molecule is NCC(c1ccc(Cl)cc1)N1CCC(C(N)=O)C1. The van der Waals surface area contributed by atoms with Crippen LogP contribution in [0.5, 0.6) is 0 Å². The van der Waals surface area contributed by atoms with E-state index in [2.05, 4.69) is 4.90 Å². The van der Waals surface area contributed by atoms with E-state index in [4.69, 9.17) is 23.1 Å². The first-order chi connectivity index (χ1) is 8.61. The van der Waals surface area contributed by atoms with E-state index < -0.39 is 0 Å². The van der Waals surface area contributed by atoms with Gasteiger partial charge in [0.05, 0.1) is 5.92 Å². The van der Waals surface area contributed by atoms with Gasteiger partial charge in [-0.15, -0.1) is 0 Å². The van der Waals surface area contributed by atoms with Crippen molar-refractivity contribution in [2.24, 2.45) is 17.4 Å². The predicted octanol–water partition coefficient (Wildman–Crippen LogP) is 1.15. The van der Waals surface area contributed by atoms with Crippen LogP contribution in [0.1, 0.15) is 18.0 Å². The van der Waals surface area contributed by atoms with Gasteiger partial charge in [0.2, 0.25) is 5.91 Å². The molecule has 1 fully saturated rings. The molecule has 0 saturated carbocycles. The summed E-state index contributed by atoms with van der Waals surface area (Å²) in [5.41, 5.74) is 12.3. The summed E-state index contributed by atoms with van der Waals surface area (Å²) >= 11 is 5.88. The van der Waals surface area contributed by atoms with E-state index in [-0.39, 0.29) is 17.9 Å². The van der Waals surface area contributed by atoms with Gasteiger partial charge in [0.1, 0.15) is 0 Å². The van der Waals surface area contributed by atoms with Crippen LogP contribution < -0.4 is 11.5 Å². The Morgan fingerprint density at radius 1 is 1.44 bits per heavy atom. The van der Waals surface area contributed by atoms with E-state index in [0.29, 0.717) is 18.1 Å². The molecule has 98 valence electrons. The van der Waals surface area contributed by atoms with Gasteiger partial charge >= 0.3 is 0 Å². The summed E-state index contributed by atoms with van der Waals surface area (Å²) in [6, 6.07) is 7.82. The number of rotatable bonds is 4. The first-order valence-electron chi connectivity index (χ1n) is 6.10. The lowest BCUT2D eigenvalue weighted by atomic mass is 10.1. The van der Waals surface area contributed by atoms with Gasteiger partial charge in [-0.1, -0.05) is 23.7 Å². The zero-order valence-corrected chi connectivity index (χ0v) is 10.9. The molecular weight excluding hydrogens is 250 g/mol. The van der Waals surface area contributed by atoms with Crippen LogP contribution in [0.3, 0.4) is 0 Å². The molecule has 1 saturated heterocycles. The van der Waals surface area contributed by atoms with Crippen LogP contribution in [-0.2, 0) is 4.79 Å². The lowest BCUT2D eigenvalue weighted by molar-refractivity contribution is -0.121. The summed E-state index contributed by atoms with van der Waals surface area (Å²) in [7, 11) is 0. The maximum atomic E-state index is 11.2. The van der Waals surface area contributed by atoms with Crippen LogP contribution in [0.25, 0.3) is 0 Å². The number of benzene rings is 1. The normalized spacial score (nSPS) is 22.0. The summed E-state index contributed by atoms with van der Waals surface area (Å²) in [5, 5.41) is 0.714. The number of likely N-dealkylation sites (tertiary alicyclic amines) is 1. The van der Waals surface area contributed by atoms with Gasteiger partial charge in [0, 0.05) is 24.2 Å². The van der Waals surface area contributed by atoms with Crippen LogP contribution in [-0.4, -0.2) is 30.4 Å². The van der Waals surface area contributed by atoms with Gasteiger partial charge in [-0.3, -0.25) is 9.69 Å². The number of hydrogen-bond acceptors (Lipinski definition) is 3. The zero-order valence-electron chi connectivity index (χ0n) is 10.2. The van der Waals surface area contributed by atoms with Crippen molar-refractivity contribution in [1.29, 1.82) is 0 Å². The van der Waals surface area contributed by atoms with Crippen molar-refractivity contribution < 1.29 is 4.79 Å². The Labute approximate surface area is 112 Å². The highest BCUT2D eigenvalue weighted by atomic mass is 35.5. The number of nitrogens with two attached hydrogens (primary N) is 2. The lowest BCUT2D eigenvalue weighted by Gasteiger charge is -2.27. The molecule has 1 heterocycles. The van der Waals surface area contributed by atoms with E-state index in [9.17, 15) is 4.79 Å². The standard InChI is InChI=1S/C13H18ClN3O/c14-11-3-1-9(2-4-11)12(7-15)17-6-5-10(8-17)13(16)18/h1-4,10,12H,5-8,15H2,(H2,16,18). The molecule has 1 aliphatic rings. The molecule has 1 aromatic carbocycles. The van der Waals surface area contributed by atoms with Crippen molar-refractivity contribution in [2.75, 3.05) is 19.6 Å². The minimum Gasteiger partial charge on any atom is -0.369 e. The molecule has 4 nitrogen and oxygen atoms in total. The largest absolute Gasteiger partial charge is 0.369 e. The minimum atomic E-state index is -0.218. The highest BCUT2D eigenvalue weighted by molar-refractivity contribution is 6.30. The summed E-state index contributed by atoms with van der Waals surface area (Å²) in [5.74, 6) is -0.268. The Kier molecular flexibility index (Phi) is 4.22. The van der Waals surface area contributed by atoms with Crippen molar-refractivity contribution in [3.8, 4) is 0 Å². The molecule has 1 aromatic rings. The topological polar surface area (TPSA) is 72.3 Å². The Morgan fingerprint density at radius 3 is 2.61 bits per heavy atom. The molecule has 4 N–H and O–H groups in total. The Hall–Kier alpha value is -1.10. The number of nitrogens with zero attached hydrogens (tertiary/aromatic N) is 1. The van der Waals surface area contributed by atoms with Gasteiger partial charge in [-0.05, 0) is 30.7 Å². The van der Waals surface area contributed by atoms with Crippen LogP contribution in [0.15, 0.2) is 24.3 Å². The van der Waals surface area contributed by atoms with Crippen molar-refractivity contribution in [1.82, 2.24) is 4.90 Å². The van der Waals surface area contributed by atoms with Gasteiger partial charge in [-0.2, -0.15) is 0 Å². The third-order valence-electron chi connectivity index (χ3n) is 3.54. The van der Waals surface area contributed by atoms with Crippen LogP contribution in [0, 0.1) is 5.92 Å². The van der Waals surface area contributed by atoms with Crippen molar-refractivity contribution in [3.05, 3.63) is 34.9 Å². The Balaban J connectivity index is 2.10. The smallest absolute Gasteiger partial charge is 0.221 e. The molecule has 0 radical (unpaired) electrons. The highest BCUT2D eigenvalue weighted by Gasteiger charge is 2.31. The van der Waals surface area contributed by atoms with E-state index >= 15 is 0 Å². The number of hydrogen-bond donors (Lipinski definition) is 2. The van der Waals surface area contributed by atoms with Crippen LogP contribution in [0.4, 0.5) is 0 Å².